The number of piperidine rings is 1. The van der Waals surface area contributed by atoms with E-state index >= 15 is 0 Å². The van der Waals surface area contributed by atoms with Crippen LogP contribution in [-0.2, 0) is 24.4 Å². The van der Waals surface area contributed by atoms with Gasteiger partial charge in [-0.15, -0.1) is 5.10 Å². The summed E-state index contributed by atoms with van der Waals surface area (Å²) in [6.45, 7) is 3.63. The minimum Gasteiger partial charge on any atom is -0.387 e. The number of benzene rings is 1. The van der Waals surface area contributed by atoms with Crippen molar-refractivity contribution >= 4 is 0 Å². The van der Waals surface area contributed by atoms with Gasteiger partial charge in [-0.05, 0) is 30.5 Å². The van der Waals surface area contributed by atoms with Crippen molar-refractivity contribution in [2.75, 3.05) is 20.2 Å². The summed E-state index contributed by atoms with van der Waals surface area (Å²) in [6, 6.07) is 8.44. The zero-order chi connectivity index (χ0) is 16.1. The molecular formula is C17H24N4O2. The molecule has 0 bridgehead atoms. The Morgan fingerprint density at radius 1 is 1.35 bits per heavy atom. The van der Waals surface area contributed by atoms with E-state index in [0.29, 0.717) is 19.7 Å². The Hall–Kier alpha value is -1.76. The summed E-state index contributed by atoms with van der Waals surface area (Å²) in [4.78, 5) is 2.31. The Morgan fingerprint density at radius 2 is 2.22 bits per heavy atom. The molecule has 1 atom stereocenters. The molecule has 0 radical (unpaired) electrons. The summed E-state index contributed by atoms with van der Waals surface area (Å²) in [5.74, 6) is 0. The standard InChI is InChI=1S/C17H24N4O2/c1-23-12-16-5-2-4-15(10-16)11-20-8-3-6-17(22,13-20)14-21-9-7-18-19-21/h2,4-5,7,9-10,22H,3,6,8,11-14H2,1H3. The number of rotatable bonds is 6. The smallest absolute Gasteiger partial charge is 0.0970 e. The SMILES string of the molecule is COCc1cccc(CN2CCCC(O)(Cn3ccnn3)C2)c1. The van der Waals surface area contributed by atoms with Gasteiger partial charge in [0.25, 0.3) is 0 Å². The van der Waals surface area contributed by atoms with Crippen molar-refractivity contribution in [3.8, 4) is 0 Å². The summed E-state index contributed by atoms with van der Waals surface area (Å²) in [5.41, 5.74) is 1.69. The van der Waals surface area contributed by atoms with Crippen molar-refractivity contribution in [2.45, 2.75) is 38.1 Å². The fraction of sp³-hybridized carbons (Fsp3) is 0.529. The molecular weight excluding hydrogens is 292 g/mol. The van der Waals surface area contributed by atoms with Gasteiger partial charge in [0, 0.05) is 26.4 Å². The van der Waals surface area contributed by atoms with E-state index in [1.165, 1.54) is 11.1 Å². The molecule has 1 aromatic heterocycles. The number of nitrogens with zero attached hydrogens (tertiary/aromatic N) is 4. The fourth-order valence-electron chi connectivity index (χ4n) is 3.33. The average molecular weight is 316 g/mol. The van der Waals surface area contributed by atoms with Gasteiger partial charge in [-0.25, -0.2) is 4.68 Å². The predicted molar refractivity (Wildman–Crippen MR) is 86.6 cm³/mol. The summed E-state index contributed by atoms with van der Waals surface area (Å²) < 4.78 is 6.91. The van der Waals surface area contributed by atoms with Crippen LogP contribution in [0.1, 0.15) is 24.0 Å². The first kappa shape index (κ1) is 16.1. The van der Waals surface area contributed by atoms with Crippen molar-refractivity contribution in [1.29, 1.82) is 0 Å². The van der Waals surface area contributed by atoms with Gasteiger partial charge in [-0.1, -0.05) is 29.5 Å². The summed E-state index contributed by atoms with van der Waals surface area (Å²) in [6.07, 6.45) is 5.23. The first-order valence-electron chi connectivity index (χ1n) is 8.02. The minimum absolute atomic E-state index is 0.493. The van der Waals surface area contributed by atoms with Gasteiger partial charge < -0.3 is 9.84 Å². The largest absolute Gasteiger partial charge is 0.387 e. The molecule has 1 N–H and O–H groups in total. The molecule has 0 amide bonds. The molecule has 1 aliphatic heterocycles. The second kappa shape index (κ2) is 7.21. The normalized spacial score (nSPS) is 22.3. The first-order valence-corrected chi connectivity index (χ1v) is 8.02. The fourth-order valence-corrected chi connectivity index (χ4v) is 3.33. The Labute approximate surface area is 136 Å². The van der Waals surface area contributed by atoms with Crippen LogP contribution in [0.4, 0.5) is 0 Å². The van der Waals surface area contributed by atoms with Gasteiger partial charge in [0.2, 0.25) is 0 Å². The number of hydrogen-bond donors (Lipinski definition) is 1. The van der Waals surface area contributed by atoms with Crippen LogP contribution in [0.5, 0.6) is 0 Å². The third-order valence-electron chi connectivity index (χ3n) is 4.27. The monoisotopic (exact) mass is 316 g/mol. The zero-order valence-corrected chi connectivity index (χ0v) is 13.6. The maximum atomic E-state index is 10.9. The van der Waals surface area contributed by atoms with E-state index in [9.17, 15) is 5.11 Å². The second-order valence-corrected chi connectivity index (χ2v) is 6.39. The topological polar surface area (TPSA) is 63.4 Å². The number of methoxy groups -OCH3 is 1. The Balaban J connectivity index is 1.63. The van der Waals surface area contributed by atoms with Crippen LogP contribution in [0.15, 0.2) is 36.7 Å². The third-order valence-corrected chi connectivity index (χ3v) is 4.27. The quantitative estimate of drug-likeness (QED) is 0.874. The van der Waals surface area contributed by atoms with E-state index in [2.05, 4.69) is 39.5 Å². The second-order valence-electron chi connectivity index (χ2n) is 6.39. The maximum absolute atomic E-state index is 10.9. The summed E-state index contributed by atoms with van der Waals surface area (Å²) in [7, 11) is 1.71. The van der Waals surface area contributed by atoms with Crippen LogP contribution in [0.3, 0.4) is 0 Å². The van der Waals surface area contributed by atoms with E-state index in [-0.39, 0.29) is 0 Å². The van der Waals surface area contributed by atoms with Gasteiger partial charge in [-0.2, -0.15) is 0 Å². The third kappa shape index (κ3) is 4.37. The molecule has 0 aliphatic carbocycles. The number of β-amino-alcohol motifs (C(OH)–C–C–N with tert-alkyl or cyclic N) is 1. The molecule has 1 aromatic carbocycles. The van der Waals surface area contributed by atoms with Gasteiger partial charge >= 0.3 is 0 Å². The highest BCUT2D eigenvalue weighted by Crippen LogP contribution is 2.24. The van der Waals surface area contributed by atoms with Crippen LogP contribution >= 0.6 is 0 Å². The highest BCUT2D eigenvalue weighted by Gasteiger charge is 2.33. The Kier molecular flexibility index (Phi) is 5.05. The lowest BCUT2D eigenvalue weighted by molar-refractivity contribution is -0.0478. The first-order chi connectivity index (χ1) is 11.2. The van der Waals surface area contributed by atoms with E-state index in [0.717, 1.165) is 25.9 Å². The van der Waals surface area contributed by atoms with E-state index in [4.69, 9.17) is 4.74 Å². The maximum Gasteiger partial charge on any atom is 0.0970 e. The highest BCUT2D eigenvalue weighted by atomic mass is 16.5. The molecule has 0 saturated carbocycles. The van der Waals surface area contributed by atoms with Crippen molar-refractivity contribution in [1.82, 2.24) is 19.9 Å². The van der Waals surface area contributed by atoms with Crippen LogP contribution < -0.4 is 0 Å². The molecule has 1 aliphatic rings. The minimum atomic E-state index is -0.740. The lowest BCUT2D eigenvalue weighted by Gasteiger charge is -2.39. The number of aliphatic hydroxyl groups is 1. The van der Waals surface area contributed by atoms with Gasteiger partial charge in [0.15, 0.2) is 0 Å². The molecule has 6 nitrogen and oxygen atoms in total. The summed E-state index contributed by atoms with van der Waals surface area (Å²) >= 11 is 0. The highest BCUT2D eigenvalue weighted by molar-refractivity contribution is 5.23. The molecule has 2 heterocycles. The molecule has 2 aromatic rings. The number of hydrogen-bond acceptors (Lipinski definition) is 5. The van der Waals surface area contributed by atoms with Crippen molar-refractivity contribution in [3.63, 3.8) is 0 Å². The Morgan fingerprint density at radius 3 is 3.00 bits per heavy atom. The number of likely N-dealkylation sites (tertiary alicyclic amines) is 1. The van der Waals surface area contributed by atoms with Crippen molar-refractivity contribution < 1.29 is 9.84 Å². The van der Waals surface area contributed by atoms with E-state index in [1.54, 1.807) is 24.2 Å². The van der Waals surface area contributed by atoms with E-state index < -0.39 is 5.60 Å². The van der Waals surface area contributed by atoms with Crippen molar-refractivity contribution in [3.05, 3.63) is 47.8 Å². The molecule has 1 fully saturated rings. The number of aromatic nitrogens is 3. The Bertz CT molecular complexity index is 617. The molecule has 23 heavy (non-hydrogen) atoms. The van der Waals surface area contributed by atoms with Crippen LogP contribution in [0.2, 0.25) is 0 Å². The van der Waals surface area contributed by atoms with Crippen LogP contribution in [0.25, 0.3) is 0 Å². The lowest BCUT2D eigenvalue weighted by atomic mass is 9.92. The average Bonchev–Trinajstić information content (AvgIpc) is 3.00. The number of ether oxygens (including phenoxy) is 1. The van der Waals surface area contributed by atoms with Crippen molar-refractivity contribution in [2.24, 2.45) is 0 Å². The van der Waals surface area contributed by atoms with E-state index in [1.807, 2.05) is 0 Å². The van der Waals surface area contributed by atoms with Gasteiger partial charge in [-0.3, -0.25) is 4.90 Å². The van der Waals surface area contributed by atoms with Gasteiger partial charge in [0.05, 0.1) is 24.9 Å². The molecule has 0 spiro atoms. The zero-order valence-electron chi connectivity index (χ0n) is 13.6. The van der Waals surface area contributed by atoms with Gasteiger partial charge in [0.1, 0.15) is 0 Å². The molecule has 6 heteroatoms. The lowest BCUT2D eigenvalue weighted by Crippen LogP contribution is -2.50. The molecule has 3 rings (SSSR count). The molecule has 1 saturated heterocycles. The predicted octanol–water partition coefficient (Wildman–Crippen LogP) is 1.45. The molecule has 1 unspecified atom stereocenters. The summed E-state index contributed by atoms with van der Waals surface area (Å²) in [5, 5.41) is 18.7. The molecule has 124 valence electrons. The van der Waals surface area contributed by atoms with Crippen LogP contribution in [-0.4, -0.2) is 50.8 Å². The van der Waals surface area contributed by atoms with Crippen LogP contribution in [0, 0.1) is 0 Å².